The van der Waals surface area contributed by atoms with E-state index < -0.39 is 11.5 Å². The lowest BCUT2D eigenvalue weighted by Crippen LogP contribution is -2.17. The smallest absolute Gasteiger partial charge is 0.254 e. The van der Waals surface area contributed by atoms with Gasteiger partial charge < -0.3 is 10.8 Å². The predicted octanol–water partition coefficient (Wildman–Crippen LogP) is 1.12. The molecule has 0 saturated carbocycles. The number of nitrogens with two attached hydrogens (primary N) is 1. The normalized spacial score (nSPS) is 11.8. The zero-order valence-corrected chi connectivity index (χ0v) is 12.2. The van der Waals surface area contributed by atoms with Gasteiger partial charge in [-0.2, -0.15) is 5.10 Å². The van der Waals surface area contributed by atoms with Crippen LogP contribution < -0.4 is 5.73 Å². The van der Waals surface area contributed by atoms with Crippen molar-refractivity contribution < 1.29 is 9.90 Å². The van der Waals surface area contributed by atoms with Gasteiger partial charge in [-0.15, -0.1) is 0 Å². The number of hydrogen-bond acceptors (Lipinski definition) is 5. The highest BCUT2D eigenvalue weighted by atomic mass is 16.3. The summed E-state index contributed by atoms with van der Waals surface area (Å²) in [6, 6.07) is 5.15. The van der Waals surface area contributed by atoms with Gasteiger partial charge in [-0.25, -0.2) is 9.50 Å². The molecule has 3 rings (SSSR count). The molecule has 0 spiro atoms. The fraction of sp³-hybridized carbons (Fsp3) is 0.200. The molecule has 0 atom stereocenters. The van der Waals surface area contributed by atoms with Crippen molar-refractivity contribution in [3.8, 4) is 11.3 Å². The summed E-state index contributed by atoms with van der Waals surface area (Å²) in [4.78, 5) is 20.1. The SMILES string of the molecule is CC(C)(O)c1ccc(-c2nn3cccnc3c2C(N)=O)cn1. The highest BCUT2D eigenvalue weighted by Gasteiger charge is 2.22. The first-order valence-corrected chi connectivity index (χ1v) is 6.70. The quantitative estimate of drug-likeness (QED) is 0.753. The van der Waals surface area contributed by atoms with Gasteiger partial charge in [-0.05, 0) is 32.0 Å². The maximum atomic E-state index is 11.8. The number of fused-ring (bicyclic) bond motifs is 1. The summed E-state index contributed by atoms with van der Waals surface area (Å²) in [5.41, 5.74) is 6.66. The van der Waals surface area contributed by atoms with E-state index in [0.29, 0.717) is 22.6 Å². The maximum absolute atomic E-state index is 11.8. The van der Waals surface area contributed by atoms with E-state index >= 15 is 0 Å². The van der Waals surface area contributed by atoms with Gasteiger partial charge in [0, 0.05) is 24.2 Å². The largest absolute Gasteiger partial charge is 0.384 e. The lowest BCUT2D eigenvalue weighted by Gasteiger charge is -2.16. The van der Waals surface area contributed by atoms with E-state index in [0.717, 1.165) is 0 Å². The van der Waals surface area contributed by atoms with Crippen LogP contribution in [0.3, 0.4) is 0 Å². The minimum atomic E-state index is -1.04. The van der Waals surface area contributed by atoms with Gasteiger partial charge in [0.15, 0.2) is 5.65 Å². The van der Waals surface area contributed by atoms with Crippen LogP contribution in [0.1, 0.15) is 29.9 Å². The predicted molar refractivity (Wildman–Crippen MR) is 80.0 cm³/mol. The van der Waals surface area contributed by atoms with Crippen molar-refractivity contribution in [2.24, 2.45) is 5.73 Å². The van der Waals surface area contributed by atoms with Gasteiger partial charge in [0.2, 0.25) is 0 Å². The minimum absolute atomic E-state index is 0.249. The highest BCUT2D eigenvalue weighted by Crippen LogP contribution is 2.26. The van der Waals surface area contributed by atoms with Crippen molar-refractivity contribution in [2.45, 2.75) is 19.4 Å². The maximum Gasteiger partial charge on any atom is 0.254 e. The molecule has 0 aromatic carbocycles. The molecule has 22 heavy (non-hydrogen) atoms. The van der Waals surface area contributed by atoms with Gasteiger partial charge in [0.1, 0.15) is 16.9 Å². The van der Waals surface area contributed by atoms with E-state index in [1.807, 2.05) is 0 Å². The summed E-state index contributed by atoms with van der Waals surface area (Å²) in [6.07, 6.45) is 4.82. The monoisotopic (exact) mass is 297 g/mol. The topological polar surface area (TPSA) is 106 Å². The molecule has 3 aromatic rings. The zero-order valence-electron chi connectivity index (χ0n) is 12.2. The summed E-state index contributed by atoms with van der Waals surface area (Å²) in [7, 11) is 0. The van der Waals surface area contributed by atoms with E-state index in [2.05, 4.69) is 15.1 Å². The molecule has 0 radical (unpaired) electrons. The number of hydrogen-bond donors (Lipinski definition) is 2. The molecule has 0 aliphatic rings. The number of primary amides is 1. The molecule has 112 valence electrons. The Balaban J connectivity index is 2.18. The summed E-state index contributed by atoms with van der Waals surface area (Å²) in [6.45, 7) is 3.30. The van der Waals surface area contributed by atoms with E-state index in [1.165, 1.54) is 4.52 Å². The molecule has 0 aliphatic heterocycles. The molecule has 0 aliphatic carbocycles. The summed E-state index contributed by atoms with van der Waals surface area (Å²) >= 11 is 0. The highest BCUT2D eigenvalue weighted by molar-refractivity contribution is 6.04. The van der Waals surface area contributed by atoms with Gasteiger partial charge in [0.25, 0.3) is 5.91 Å². The van der Waals surface area contributed by atoms with Gasteiger partial charge in [0.05, 0.1) is 5.69 Å². The minimum Gasteiger partial charge on any atom is -0.384 e. The van der Waals surface area contributed by atoms with Crippen LogP contribution in [-0.2, 0) is 5.60 Å². The number of rotatable bonds is 3. The Kier molecular flexibility index (Phi) is 3.14. The van der Waals surface area contributed by atoms with Crippen molar-refractivity contribution in [3.05, 3.63) is 48.0 Å². The van der Waals surface area contributed by atoms with Crippen LogP contribution in [0.25, 0.3) is 16.9 Å². The van der Waals surface area contributed by atoms with Gasteiger partial charge in [-0.1, -0.05) is 0 Å². The molecule has 3 aromatic heterocycles. The molecule has 0 unspecified atom stereocenters. The van der Waals surface area contributed by atoms with E-state index in [-0.39, 0.29) is 5.56 Å². The fourth-order valence-electron chi connectivity index (χ4n) is 2.21. The van der Waals surface area contributed by atoms with Crippen LogP contribution in [0, 0.1) is 0 Å². The number of aliphatic hydroxyl groups is 1. The van der Waals surface area contributed by atoms with Crippen LogP contribution in [0.15, 0.2) is 36.8 Å². The molecule has 7 nitrogen and oxygen atoms in total. The van der Waals surface area contributed by atoms with E-state index in [4.69, 9.17) is 5.73 Å². The second-order valence-electron chi connectivity index (χ2n) is 5.47. The van der Waals surface area contributed by atoms with Crippen LogP contribution in [0.5, 0.6) is 0 Å². The number of nitrogens with zero attached hydrogens (tertiary/aromatic N) is 4. The lowest BCUT2D eigenvalue weighted by atomic mass is 10.0. The molecule has 3 N–H and O–H groups in total. The van der Waals surface area contributed by atoms with Gasteiger partial charge >= 0.3 is 0 Å². The number of amides is 1. The Morgan fingerprint density at radius 1 is 1.32 bits per heavy atom. The second kappa shape index (κ2) is 4.88. The van der Waals surface area contributed by atoms with Crippen LogP contribution in [0.2, 0.25) is 0 Å². The van der Waals surface area contributed by atoms with Crippen LogP contribution in [0.4, 0.5) is 0 Å². The molecule has 3 heterocycles. The Labute approximate surface area is 126 Å². The summed E-state index contributed by atoms with van der Waals surface area (Å²) in [5.74, 6) is -0.602. The molecule has 0 saturated heterocycles. The lowest BCUT2D eigenvalue weighted by molar-refractivity contribution is 0.0738. The molecule has 0 fully saturated rings. The third kappa shape index (κ3) is 2.31. The Bertz CT molecular complexity index is 846. The standard InChI is InChI=1S/C15H15N5O2/c1-15(2,22)10-5-4-9(8-18-10)12-11(13(16)21)14-17-6-3-7-20(14)19-12/h3-8,22H,1-2H3,(H2,16,21). The zero-order chi connectivity index (χ0) is 15.9. The van der Waals surface area contributed by atoms with E-state index in [1.54, 1.807) is 50.6 Å². The van der Waals surface area contributed by atoms with Crippen molar-refractivity contribution in [3.63, 3.8) is 0 Å². The first kappa shape index (κ1) is 14.2. The number of pyridine rings is 1. The molecule has 7 heteroatoms. The third-order valence-corrected chi connectivity index (χ3v) is 3.31. The number of aromatic nitrogens is 4. The molecular weight excluding hydrogens is 282 g/mol. The summed E-state index contributed by atoms with van der Waals surface area (Å²) in [5, 5.41) is 14.3. The van der Waals surface area contributed by atoms with Crippen molar-refractivity contribution >= 4 is 11.6 Å². The first-order valence-electron chi connectivity index (χ1n) is 6.70. The van der Waals surface area contributed by atoms with Crippen molar-refractivity contribution in [1.82, 2.24) is 19.6 Å². The number of carbonyl (C=O) groups excluding carboxylic acids is 1. The van der Waals surface area contributed by atoms with Crippen molar-refractivity contribution in [1.29, 1.82) is 0 Å². The summed E-state index contributed by atoms with van der Waals surface area (Å²) < 4.78 is 1.50. The fourth-order valence-corrected chi connectivity index (χ4v) is 2.21. The second-order valence-corrected chi connectivity index (χ2v) is 5.47. The molecule has 0 bridgehead atoms. The molecular formula is C15H15N5O2. The Morgan fingerprint density at radius 3 is 2.68 bits per heavy atom. The average Bonchev–Trinajstić information content (AvgIpc) is 2.86. The number of carbonyl (C=O) groups is 1. The van der Waals surface area contributed by atoms with Crippen molar-refractivity contribution in [2.75, 3.05) is 0 Å². The Morgan fingerprint density at radius 2 is 2.09 bits per heavy atom. The molecule has 1 amide bonds. The third-order valence-electron chi connectivity index (χ3n) is 3.31. The van der Waals surface area contributed by atoms with E-state index in [9.17, 15) is 9.90 Å². The van der Waals surface area contributed by atoms with Gasteiger partial charge in [-0.3, -0.25) is 9.78 Å². The Hall–Kier alpha value is -2.80. The first-order chi connectivity index (χ1) is 10.4. The average molecular weight is 297 g/mol. The van der Waals surface area contributed by atoms with Crippen LogP contribution >= 0.6 is 0 Å². The van der Waals surface area contributed by atoms with Crippen LogP contribution in [-0.4, -0.2) is 30.6 Å².